The van der Waals surface area contributed by atoms with Crippen LogP contribution in [-0.2, 0) is 9.47 Å². The zero-order chi connectivity index (χ0) is 15.6. The van der Waals surface area contributed by atoms with Crippen molar-refractivity contribution in [1.82, 2.24) is 10.6 Å². The first-order chi connectivity index (χ1) is 9.27. The Morgan fingerprint density at radius 3 is 2.50 bits per heavy atom. The molecule has 0 aromatic heterocycles. The summed E-state index contributed by atoms with van der Waals surface area (Å²) in [5.41, 5.74) is -3.19. The minimum atomic E-state index is -4.94. The Morgan fingerprint density at radius 2 is 2.00 bits per heavy atom. The van der Waals surface area contributed by atoms with E-state index >= 15 is 0 Å². The van der Waals surface area contributed by atoms with Crippen LogP contribution in [0.1, 0.15) is 6.92 Å². The number of carbonyl (C=O) groups excluding carboxylic acids is 1. The molecule has 0 heterocycles. The van der Waals surface area contributed by atoms with Crippen molar-refractivity contribution >= 4 is 6.03 Å². The molecule has 6 nitrogen and oxygen atoms in total. The van der Waals surface area contributed by atoms with E-state index in [1.807, 2.05) is 5.32 Å². The summed E-state index contributed by atoms with van der Waals surface area (Å²) in [6.45, 7) is 1.08. The molecule has 1 unspecified atom stereocenters. The van der Waals surface area contributed by atoms with Crippen LogP contribution in [-0.4, -0.2) is 56.3 Å². The number of aliphatic hydroxyl groups is 1. The van der Waals surface area contributed by atoms with Gasteiger partial charge in [0, 0.05) is 13.7 Å². The maximum absolute atomic E-state index is 12.7. The fourth-order valence-corrected chi connectivity index (χ4v) is 1.05. The summed E-state index contributed by atoms with van der Waals surface area (Å²) in [5.74, 6) is 0. The fraction of sp³-hybridized carbons (Fsp3) is 0.727. The van der Waals surface area contributed by atoms with Gasteiger partial charge in [0.25, 0.3) is 0 Å². The smallest absolute Gasteiger partial charge is 0.422 e. The average Bonchev–Trinajstić information content (AvgIpc) is 2.36. The number of ether oxygens (including phenoxy) is 2. The van der Waals surface area contributed by atoms with Crippen molar-refractivity contribution in [3.05, 3.63) is 12.3 Å². The SMILES string of the molecule is CCO/C=C/C(O)(CNC(=O)NCCOC)C(F)(F)F. The van der Waals surface area contributed by atoms with Crippen molar-refractivity contribution in [2.45, 2.75) is 18.7 Å². The predicted octanol–water partition coefficient (Wildman–Crippen LogP) is 0.776. The molecule has 0 saturated carbocycles. The number of urea groups is 1. The van der Waals surface area contributed by atoms with Gasteiger partial charge in [-0.1, -0.05) is 0 Å². The fourth-order valence-electron chi connectivity index (χ4n) is 1.05. The van der Waals surface area contributed by atoms with Gasteiger partial charge < -0.3 is 25.2 Å². The summed E-state index contributed by atoms with van der Waals surface area (Å²) in [6, 6.07) is -0.838. The van der Waals surface area contributed by atoms with Gasteiger partial charge in [-0.25, -0.2) is 4.79 Å². The van der Waals surface area contributed by atoms with Crippen molar-refractivity contribution in [2.75, 3.05) is 33.4 Å². The molecule has 1 atom stereocenters. The van der Waals surface area contributed by atoms with Gasteiger partial charge in [0.1, 0.15) is 0 Å². The summed E-state index contributed by atoms with van der Waals surface area (Å²) < 4.78 is 47.5. The summed E-state index contributed by atoms with van der Waals surface area (Å²) in [6.07, 6.45) is -3.75. The number of hydrogen-bond acceptors (Lipinski definition) is 4. The summed E-state index contributed by atoms with van der Waals surface area (Å²) in [7, 11) is 1.42. The van der Waals surface area contributed by atoms with E-state index in [9.17, 15) is 23.1 Å². The van der Waals surface area contributed by atoms with E-state index in [0.29, 0.717) is 6.08 Å². The number of halogens is 3. The molecular formula is C11H19F3N2O4. The summed E-state index contributed by atoms with van der Waals surface area (Å²) >= 11 is 0. The molecule has 0 aliphatic carbocycles. The van der Waals surface area contributed by atoms with Gasteiger partial charge in [-0.2, -0.15) is 13.2 Å². The third kappa shape index (κ3) is 6.62. The van der Waals surface area contributed by atoms with Crippen LogP contribution in [0.25, 0.3) is 0 Å². The number of alkyl halides is 3. The van der Waals surface area contributed by atoms with E-state index in [0.717, 1.165) is 6.26 Å². The van der Waals surface area contributed by atoms with E-state index in [1.165, 1.54) is 7.11 Å². The number of carbonyl (C=O) groups is 1. The Hall–Kier alpha value is -1.48. The van der Waals surface area contributed by atoms with Crippen LogP contribution in [0.3, 0.4) is 0 Å². The van der Waals surface area contributed by atoms with Crippen LogP contribution >= 0.6 is 0 Å². The van der Waals surface area contributed by atoms with Crippen molar-refractivity contribution in [2.24, 2.45) is 0 Å². The van der Waals surface area contributed by atoms with E-state index in [1.54, 1.807) is 6.92 Å². The third-order valence-corrected chi connectivity index (χ3v) is 2.21. The van der Waals surface area contributed by atoms with Crippen molar-refractivity contribution < 1.29 is 32.5 Å². The summed E-state index contributed by atoms with van der Waals surface area (Å²) in [4.78, 5) is 11.2. The lowest BCUT2D eigenvalue weighted by Crippen LogP contribution is -2.53. The van der Waals surface area contributed by atoms with Crippen molar-refractivity contribution in [1.29, 1.82) is 0 Å². The Kier molecular flexibility index (Phi) is 8.00. The quantitative estimate of drug-likeness (QED) is 0.457. The molecule has 0 rings (SSSR count). The number of methoxy groups -OCH3 is 1. The van der Waals surface area contributed by atoms with Gasteiger partial charge >= 0.3 is 12.2 Å². The molecule has 0 saturated heterocycles. The lowest BCUT2D eigenvalue weighted by molar-refractivity contribution is -0.237. The minimum absolute atomic E-state index is 0.140. The first-order valence-corrected chi connectivity index (χ1v) is 5.86. The normalized spacial score (nSPS) is 14.9. The number of amides is 2. The standard InChI is InChI=1S/C11H19F3N2O4/c1-3-20-6-4-10(18,11(12,13)14)8-16-9(17)15-5-7-19-2/h4,6,18H,3,5,7-8H2,1-2H3,(H2,15,16,17)/b6-4+. The minimum Gasteiger partial charge on any atom is -0.502 e. The Bertz CT molecular complexity index is 323. The molecule has 2 amide bonds. The Morgan fingerprint density at radius 1 is 1.35 bits per heavy atom. The van der Waals surface area contributed by atoms with Gasteiger partial charge in [0.05, 0.1) is 26.0 Å². The topological polar surface area (TPSA) is 79.8 Å². The van der Waals surface area contributed by atoms with E-state index in [4.69, 9.17) is 0 Å². The van der Waals surface area contributed by atoms with Crippen molar-refractivity contribution in [3.63, 3.8) is 0 Å². The van der Waals surface area contributed by atoms with Crippen LogP contribution < -0.4 is 10.6 Å². The van der Waals surface area contributed by atoms with Crippen LogP contribution in [0.2, 0.25) is 0 Å². The second-order valence-corrected chi connectivity index (χ2v) is 3.78. The van der Waals surface area contributed by atoms with Crippen LogP contribution in [0.5, 0.6) is 0 Å². The Labute approximate surface area is 114 Å². The highest BCUT2D eigenvalue weighted by Gasteiger charge is 2.52. The number of nitrogens with one attached hydrogen (secondary N) is 2. The molecule has 118 valence electrons. The maximum atomic E-state index is 12.7. The largest absolute Gasteiger partial charge is 0.502 e. The number of rotatable bonds is 8. The van der Waals surface area contributed by atoms with Crippen LogP contribution in [0.4, 0.5) is 18.0 Å². The molecule has 0 aliphatic heterocycles. The molecule has 0 bridgehead atoms. The van der Waals surface area contributed by atoms with E-state index in [2.05, 4.69) is 14.8 Å². The lowest BCUT2D eigenvalue weighted by atomic mass is 10.0. The molecule has 0 aromatic carbocycles. The highest BCUT2D eigenvalue weighted by Crippen LogP contribution is 2.31. The molecule has 0 fully saturated rings. The highest BCUT2D eigenvalue weighted by molar-refractivity contribution is 5.73. The molecule has 20 heavy (non-hydrogen) atoms. The molecule has 9 heteroatoms. The third-order valence-electron chi connectivity index (χ3n) is 2.21. The van der Waals surface area contributed by atoms with E-state index < -0.39 is 24.4 Å². The molecular weight excluding hydrogens is 281 g/mol. The van der Waals surface area contributed by atoms with Crippen LogP contribution in [0, 0.1) is 0 Å². The molecule has 0 aliphatic rings. The predicted molar refractivity (Wildman–Crippen MR) is 65.0 cm³/mol. The lowest BCUT2D eigenvalue weighted by Gasteiger charge is -2.27. The van der Waals surface area contributed by atoms with E-state index in [-0.39, 0.29) is 19.8 Å². The van der Waals surface area contributed by atoms with Gasteiger partial charge in [-0.05, 0) is 13.0 Å². The Balaban J connectivity index is 4.48. The molecule has 0 aromatic rings. The van der Waals surface area contributed by atoms with Crippen molar-refractivity contribution in [3.8, 4) is 0 Å². The molecule has 3 N–H and O–H groups in total. The first-order valence-electron chi connectivity index (χ1n) is 5.86. The maximum Gasteiger partial charge on any atom is 0.422 e. The monoisotopic (exact) mass is 300 g/mol. The van der Waals surface area contributed by atoms with Gasteiger partial charge in [-0.15, -0.1) is 0 Å². The molecule has 0 spiro atoms. The second-order valence-electron chi connectivity index (χ2n) is 3.78. The van der Waals surface area contributed by atoms with Gasteiger partial charge in [0.15, 0.2) is 5.60 Å². The van der Waals surface area contributed by atoms with Gasteiger partial charge in [-0.3, -0.25) is 0 Å². The summed E-state index contributed by atoms with van der Waals surface area (Å²) in [5, 5.41) is 13.7. The zero-order valence-corrected chi connectivity index (χ0v) is 11.3. The molecule has 0 radical (unpaired) electrons. The first kappa shape index (κ1) is 18.5. The average molecular weight is 300 g/mol. The van der Waals surface area contributed by atoms with Gasteiger partial charge in [0.2, 0.25) is 0 Å². The zero-order valence-electron chi connectivity index (χ0n) is 11.3. The number of hydrogen-bond donors (Lipinski definition) is 3. The van der Waals surface area contributed by atoms with Crippen LogP contribution in [0.15, 0.2) is 12.3 Å². The second kappa shape index (κ2) is 8.64. The highest BCUT2D eigenvalue weighted by atomic mass is 19.4.